The maximum Gasteiger partial charge on any atom is 0.236 e. The topological polar surface area (TPSA) is 41.1 Å². The zero-order valence-corrected chi connectivity index (χ0v) is 11.9. The smallest absolute Gasteiger partial charge is 0.236 e. The van der Waals surface area contributed by atoms with Crippen molar-refractivity contribution in [3.8, 4) is 0 Å². The van der Waals surface area contributed by atoms with Crippen LogP contribution >= 0.6 is 11.6 Å². The van der Waals surface area contributed by atoms with E-state index in [1.54, 1.807) is 0 Å². The summed E-state index contributed by atoms with van der Waals surface area (Å²) in [6.07, 6.45) is 0.950. The van der Waals surface area contributed by atoms with Gasteiger partial charge in [0, 0.05) is 17.6 Å². The molecular weight excluding hydrogens is 248 g/mol. The first-order valence-corrected chi connectivity index (χ1v) is 6.71. The monoisotopic (exact) mass is 268 g/mol. The number of amides is 1. The van der Waals surface area contributed by atoms with Gasteiger partial charge in [0.1, 0.15) is 0 Å². The van der Waals surface area contributed by atoms with E-state index in [0.717, 1.165) is 23.6 Å². The van der Waals surface area contributed by atoms with Gasteiger partial charge in [0.05, 0.1) is 6.04 Å². The quantitative estimate of drug-likeness (QED) is 0.833. The number of rotatable bonds is 6. The Kier molecular flexibility index (Phi) is 6.16. The zero-order valence-electron chi connectivity index (χ0n) is 11.2. The van der Waals surface area contributed by atoms with Crippen LogP contribution in [-0.4, -0.2) is 18.5 Å². The fourth-order valence-corrected chi connectivity index (χ4v) is 1.83. The molecule has 0 saturated carbocycles. The van der Waals surface area contributed by atoms with Crippen LogP contribution in [-0.2, 0) is 4.79 Å². The second-order valence-corrected chi connectivity index (χ2v) is 4.89. The summed E-state index contributed by atoms with van der Waals surface area (Å²) in [5.74, 6) is 0.0395. The molecule has 1 aromatic carbocycles. The first-order valence-electron chi connectivity index (χ1n) is 6.33. The highest BCUT2D eigenvalue weighted by Gasteiger charge is 2.15. The first kappa shape index (κ1) is 15.0. The van der Waals surface area contributed by atoms with Gasteiger partial charge in [-0.05, 0) is 38.0 Å². The lowest BCUT2D eigenvalue weighted by Crippen LogP contribution is -2.43. The molecule has 2 N–H and O–H groups in total. The lowest BCUT2D eigenvalue weighted by Gasteiger charge is -2.20. The lowest BCUT2D eigenvalue weighted by atomic mass is 10.1. The fourth-order valence-electron chi connectivity index (χ4n) is 1.70. The van der Waals surface area contributed by atoms with Crippen LogP contribution in [0.1, 0.15) is 38.8 Å². The Morgan fingerprint density at radius 3 is 2.44 bits per heavy atom. The molecule has 18 heavy (non-hydrogen) atoms. The molecule has 3 nitrogen and oxygen atoms in total. The molecule has 0 aliphatic rings. The molecule has 4 heteroatoms. The van der Waals surface area contributed by atoms with E-state index < -0.39 is 0 Å². The molecule has 0 saturated heterocycles. The fraction of sp³-hybridized carbons (Fsp3) is 0.500. The van der Waals surface area contributed by atoms with Crippen molar-refractivity contribution in [2.24, 2.45) is 0 Å². The molecule has 1 amide bonds. The van der Waals surface area contributed by atoms with Crippen LogP contribution < -0.4 is 10.6 Å². The van der Waals surface area contributed by atoms with Crippen molar-refractivity contribution in [2.75, 3.05) is 6.54 Å². The molecule has 1 aromatic rings. The predicted octanol–water partition coefficient (Wildman–Crippen LogP) is 2.91. The SMILES string of the molecule is CCCNC(=O)C(C)N[C@H](C)c1ccc(Cl)cc1. The Morgan fingerprint density at radius 1 is 1.28 bits per heavy atom. The molecule has 0 aliphatic heterocycles. The summed E-state index contributed by atoms with van der Waals surface area (Å²) in [6, 6.07) is 7.56. The number of carbonyl (C=O) groups excluding carboxylic acids is 1. The van der Waals surface area contributed by atoms with Crippen molar-refractivity contribution < 1.29 is 4.79 Å². The van der Waals surface area contributed by atoms with Gasteiger partial charge in [0.15, 0.2) is 0 Å². The van der Waals surface area contributed by atoms with E-state index in [1.165, 1.54) is 0 Å². The Morgan fingerprint density at radius 2 is 1.89 bits per heavy atom. The van der Waals surface area contributed by atoms with Crippen LogP contribution in [0.4, 0.5) is 0 Å². The highest BCUT2D eigenvalue weighted by Crippen LogP contribution is 2.16. The summed E-state index contributed by atoms with van der Waals surface area (Å²) >= 11 is 5.85. The van der Waals surface area contributed by atoms with Crippen LogP contribution in [0, 0.1) is 0 Å². The van der Waals surface area contributed by atoms with E-state index in [-0.39, 0.29) is 18.0 Å². The number of hydrogen-bond donors (Lipinski definition) is 2. The average Bonchev–Trinajstić information content (AvgIpc) is 2.36. The second kappa shape index (κ2) is 7.39. The van der Waals surface area contributed by atoms with Gasteiger partial charge in [-0.2, -0.15) is 0 Å². The summed E-state index contributed by atoms with van der Waals surface area (Å²) in [4.78, 5) is 11.7. The van der Waals surface area contributed by atoms with Crippen molar-refractivity contribution in [2.45, 2.75) is 39.3 Å². The van der Waals surface area contributed by atoms with E-state index in [2.05, 4.69) is 10.6 Å². The van der Waals surface area contributed by atoms with Gasteiger partial charge >= 0.3 is 0 Å². The second-order valence-electron chi connectivity index (χ2n) is 4.45. The molecule has 0 heterocycles. The van der Waals surface area contributed by atoms with E-state index >= 15 is 0 Å². The normalized spacial score (nSPS) is 14.0. The largest absolute Gasteiger partial charge is 0.355 e. The lowest BCUT2D eigenvalue weighted by molar-refractivity contribution is -0.122. The van der Waals surface area contributed by atoms with Crippen LogP contribution in [0.25, 0.3) is 0 Å². The Balaban J connectivity index is 2.50. The standard InChI is InChI=1S/C14H21ClN2O/c1-4-9-16-14(18)11(3)17-10(2)12-5-7-13(15)8-6-12/h5-8,10-11,17H,4,9H2,1-3H3,(H,16,18)/t10-,11?/m1/s1. The molecule has 0 radical (unpaired) electrons. The van der Waals surface area contributed by atoms with E-state index in [4.69, 9.17) is 11.6 Å². The number of hydrogen-bond acceptors (Lipinski definition) is 2. The molecule has 1 rings (SSSR count). The van der Waals surface area contributed by atoms with Gasteiger partial charge in [0.2, 0.25) is 5.91 Å². The minimum atomic E-state index is -0.206. The van der Waals surface area contributed by atoms with E-state index in [0.29, 0.717) is 0 Å². The highest BCUT2D eigenvalue weighted by atomic mass is 35.5. The van der Waals surface area contributed by atoms with Gasteiger partial charge < -0.3 is 5.32 Å². The molecule has 0 aliphatic carbocycles. The first-order chi connectivity index (χ1) is 8.54. The third kappa shape index (κ3) is 4.67. The zero-order chi connectivity index (χ0) is 13.5. The van der Waals surface area contributed by atoms with Gasteiger partial charge in [-0.25, -0.2) is 0 Å². The summed E-state index contributed by atoms with van der Waals surface area (Å²) in [6.45, 7) is 6.67. The molecule has 0 fully saturated rings. The minimum Gasteiger partial charge on any atom is -0.355 e. The number of halogens is 1. The van der Waals surface area contributed by atoms with Gasteiger partial charge in [-0.3, -0.25) is 10.1 Å². The number of carbonyl (C=O) groups is 1. The molecule has 100 valence electrons. The van der Waals surface area contributed by atoms with Crippen molar-refractivity contribution in [3.05, 3.63) is 34.9 Å². The van der Waals surface area contributed by atoms with Gasteiger partial charge in [-0.1, -0.05) is 30.7 Å². The maximum atomic E-state index is 11.7. The molecule has 1 unspecified atom stereocenters. The van der Waals surface area contributed by atoms with Crippen LogP contribution in [0.15, 0.2) is 24.3 Å². The van der Waals surface area contributed by atoms with Crippen molar-refractivity contribution in [3.63, 3.8) is 0 Å². The summed E-state index contributed by atoms with van der Waals surface area (Å²) in [5, 5.41) is 6.87. The van der Waals surface area contributed by atoms with Crippen LogP contribution in [0.2, 0.25) is 5.02 Å². The van der Waals surface area contributed by atoms with Gasteiger partial charge in [0.25, 0.3) is 0 Å². The predicted molar refractivity (Wildman–Crippen MR) is 75.8 cm³/mol. The van der Waals surface area contributed by atoms with Gasteiger partial charge in [-0.15, -0.1) is 0 Å². The van der Waals surface area contributed by atoms with Crippen molar-refractivity contribution in [1.82, 2.24) is 10.6 Å². The third-order valence-corrected chi connectivity index (χ3v) is 3.06. The number of benzene rings is 1. The highest BCUT2D eigenvalue weighted by molar-refractivity contribution is 6.30. The molecular formula is C14H21ClN2O. The third-order valence-electron chi connectivity index (χ3n) is 2.81. The van der Waals surface area contributed by atoms with Crippen LogP contribution in [0.5, 0.6) is 0 Å². The average molecular weight is 269 g/mol. The van der Waals surface area contributed by atoms with Crippen LogP contribution in [0.3, 0.4) is 0 Å². The maximum absolute atomic E-state index is 11.7. The Bertz CT molecular complexity index is 378. The summed E-state index contributed by atoms with van der Waals surface area (Å²) in [7, 11) is 0. The Hall–Kier alpha value is -1.06. The van der Waals surface area contributed by atoms with Crippen molar-refractivity contribution in [1.29, 1.82) is 0 Å². The minimum absolute atomic E-state index is 0.0395. The molecule has 0 bridgehead atoms. The molecule has 0 aromatic heterocycles. The Labute approximate surface area is 114 Å². The molecule has 0 spiro atoms. The summed E-state index contributed by atoms with van der Waals surface area (Å²) in [5.41, 5.74) is 1.12. The van der Waals surface area contributed by atoms with E-state index in [1.807, 2.05) is 45.0 Å². The summed E-state index contributed by atoms with van der Waals surface area (Å²) < 4.78 is 0. The van der Waals surface area contributed by atoms with E-state index in [9.17, 15) is 4.79 Å². The number of nitrogens with one attached hydrogen (secondary N) is 2. The van der Waals surface area contributed by atoms with Crippen molar-refractivity contribution >= 4 is 17.5 Å². The molecule has 2 atom stereocenters.